The summed E-state index contributed by atoms with van der Waals surface area (Å²) in [7, 11) is 0. The van der Waals surface area contributed by atoms with Crippen molar-refractivity contribution >= 4 is 29.6 Å². The molecule has 0 aliphatic carbocycles. The van der Waals surface area contributed by atoms with Gasteiger partial charge in [-0.15, -0.1) is 10.2 Å². The molecule has 2 aliphatic heterocycles. The predicted molar refractivity (Wildman–Crippen MR) is 103 cm³/mol. The van der Waals surface area contributed by atoms with Gasteiger partial charge in [0.15, 0.2) is 5.16 Å². The van der Waals surface area contributed by atoms with E-state index in [-0.39, 0.29) is 17.7 Å². The largest absolute Gasteiger partial charge is 0.341 e. The van der Waals surface area contributed by atoms with Crippen LogP contribution in [0.25, 0.3) is 5.69 Å². The van der Waals surface area contributed by atoms with Crippen LogP contribution in [0.5, 0.6) is 0 Å². The van der Waals surface area contributed by atoms with Crippen LogP contribution in [0.4, 0.5) is 10.7 Å². The van der Waals surface area contributed by atoms with Gasteiger partial charge in [-0.1, -0.05) is 30.0 Å². The van der Waals surface area contributed by atoms with E-state index in [1.165, 1.54) is 23.1 Å². The second-order valence-electron chi connectivity index (χ2n) is 6.57. The van der Waals surface area contributed by atoms with Crippen molar-refractivity contribution in [3.63, 3.8) is 0 Å². The molecule has 4 rings (SSSR count). The Morgan fingerprint density at radius 1 is 1.07 bits per heavy atom. The number of hydrogen-bond acceptors (Lipinski definition) is 6. The van der Waals surface area contributed by atoms with Crippen molar-refractivity contribution < 1.29 is 9.59 Å². The molecule has 3 heterocycles. The molecule has 1 aromatic heterocycles. The molecule has 0 unspecified atom stereocenters. The average molecular weight is 386 g/mol. The second kappa shape index (κ2) is 7.99. The normalized spacial score (nSPS) is 17.3. The number of carbonyl (C=O) groups excluding carboxylic acids is 2. The third-order valence-corrected chi connectivity index (χ3v) is 5.67. The minimum absolute atomic E-state index is 0.151. The quantitative estimate of drug-likeness (QED) is 0.791. The summed E-state index contributed by atoms with van der Waals surface area (Å²) in [6, 6.07) is 9.62. The van der Waals surface area contributed by atoms with Gasteiger partial charge in [0.05, 0.1) is 11.4 Å². The van der Waals surface area contributed by atoms with Crippen molar-refractivity contribution in [3.05, 3.63) is 30.3 Å². The molecule has 27 heavy (non-hydrogen) atoms. The minimum atomic E-state index is -0.320. The van der Waals surface area contributed by atoms with Crippen LogP contribution >= 0.6 is 11.8 Å². The maximum atomic E-state index is 12.4. The van der Waals surface area contributed by atoms with Crippen molar-refractivity contribution in [2.75, 3.05) is 36.8 Å². The molecule has 3 amide bonds. The van der Waals surface area contributed by atoms with Crippen molar-refractivity contribution in [1.82, 2.24) is 25.0 Å². The first-order valence-corrected chi connectivity index (χ1v) is 10.2. The first-order valence-electron chi connectivity index (χ1n) is 9.21. The Morgan fingerprint density at radius 2 is 1.85 bits per heavy atom. The molecule has 142 valence electrons. The lowest BCUT2D eigenvalue weighted by molar-refractivity contribution is -0.124. The third-order valence-electron chi connectivity index (χ3n) is 4.75. The molecule has 9 heteroatoms. The molecular formula is C18H22N6O2S. The highest BCUT2D eigenvalue weighted by Gasteiger charge is 2.27. The summed E-state index contributed by atoms with van der Waals surface area (Å²) < 4.78 is 2.01. The highest BCUT2D eigenvalue weighted by Crippen LogP contribution is 2.28. The van der Waals surface area contributed by atoms with E-state index in [1.54, 1.807) is 0 Å². The molecule has 0 radical (unpaired) electrons. The van der Waals surface area contributed by atoms with Gasteiger partial charge in [-0.05, 0) is 31.4 Å². The van der Waals surface area contributed by atoms with Crippen molar-refractivity contribution in [2.24, 2.45) is 0 Å². The fourth-order valence-electron chi connectivity index (χ4n) is 3.37. The van der Waals surface area contributed by atoms with E-state index in [2.05, 4.69) is 20.4 Å². The number of benzene rings is 1. The number of anilines is 1. The molecule has 0 atom stereocenters. The number of para-hydroxylation sites is 1. The van der Waals surface area contributed by atoms with Gasteiger partial charge in [-0.3, -0.25) is 14.3 Å². The summed E-state index contributed by atoms with van der Waals surface area (Å²) >= 11 is 1.32. The lowest BCUT2D eigenvalue weighted by atomic mass is 10.1. The van der Waals surface area contributed by atoms with Crippen LogP contribution in [0.15, 0.2) is 35.5 Å². The van der Waals surface area contributed by atoms with E-state index >= 15 is 0 Å². The number of thioether (sulfide) groups is 1. The molecule has 0 saturated carbocycles. The number of nitrogens with one attached hydrogen (secondary N) is 1. The number of piperidine rings is 1. The summed E-state index contributed by atoms with van der Waals surface area (Å²) in [4.78, 5) is 27.5. The van der Waals surface area contributed by atoms with Gasteiger partial charge < -0.3 is 10.2 Å². The summed E-state index contributed by atoms with van der Waals surface area (Å²) in [5, 5.41) is 12.1. The monoisotopic (exact) mass is 386 g/mol. The van der Waals surface area contributed by atoms with Gasteiger partial charge in [0.1, 0.15) is 0 Å². The van der Waals surface area contributed by atoms with Crippen LogP contribution < -0.4 is 10.2 Å². The molecule has 2 saturated heterocycles. The summed E-state index contributed by atoms with van der Waals surface area (Å²) in [5.41, 5.74) is 0.969. The first kappa shape index (κ1) is 17.8. The van der Waals surface area contributed by atoms with Gasteiger partial charge >= 0.3 is 6.03 Å². The minimum Gasteiger partial charge on any atom is -0.341 e. The van der Waals surface area contributed by atoms with E-state index < -0.39 is 0 Å². The molecule has 8 nitrogen and oxygen atoms in total. The number of carbonyl (C=O) groups is 2. The van der Waals surface area contributed by atoms with Gasteiger partial charge in [-0.2, -0.15) is 0 Å². The topological polar surface area (TPSA) is 83.4 Å². The smallest absolute Gasteiger partial charge is 0.324 e. The number of nitrogens with zero attached hydrogens (tertiary/aromatic N) is 5. The molecular weight excluding hydrogens is 364 g/mol. The molecule has 1 aromatic carbocycles. The van der Waals surface area contributed by atoms with Gasteiger partial charge in [0.2, 0.25) is 11.9 Å². The average Bonchev–Trinajstić information content (AvgIpc) is 3.33. The number of urea groups is 1. The van der Waals surface area contributed by atoms with Crippen LogP contribution in [0.1, 0.15) is 19.3 Å². The maximum absolute atomic E-state index is 12.4. The van der Waals surface area contributed by atoms with E-state index in [0.29, 0.717) is 18.2 Å². The molecule has 1 N–H and O–H groups in total. The number of imide groups is 1. The molecule has 2 fully saturated rings. The molecule has 0 spiro atoms. The second-order valence-corrected chi connectivity index (χ2v) is 7.51. The number of amides is 3. The lowest BCUT2D eigenvalue weighted by Crippen LogP contribution is -2.35. The predicted octanol–water partition coefficient (Wildman–Crippen LogP) is 1.90. The van der Waals surface area contributed by atoms with E-state index in [9.17, 15) is 9.59 Å². The van der Waals surface area contributed by atoms with E-state index in [1.807, 2.05) is 34.9 Å². The number of rotatable bonds is 5. The van der Waals surface area contributed by atoms with Gasteiger partial charge in [0.25, 0.3) is 0 Å². The fourth-order valence-corrected chi connectivity index (χ4v) is 4.19. The Morgan fingerprint density at radius 3 is 2.56 bits per heavy atom. The zero-order valence-corrected chi connectivity index (χ0v) is 15.8. The standard InChI is InChI=1S/C18H22N6O2S/c25-15(23-12-9-19-17(23)26)13-27-18-21-20-16(22-10-5-2-6-11-22)24(18)14-7-3-1-4-8-14/h1,3-4,7-8H,2,5-6,9-13H2,(H,19,26). The van der Waals surface area contributed by atoms with Crippen molar-refractivity contribution in [1.29, 1.82) is 0 Å². The zero-order chi connectivity index (χ0) is 18.6. The number of hydrogen-bond donors (Lipinski definition) is 1. The van der Waals surface area contributed by atoms with E-state index in [0.717, 1.165) is 37.6 Å². The third kappa shape index (κ3) is 3.78. The Bertz CT molecular complexity index is 819. The van der Waals surface area contributed by atoms with Crippen molar-refractivity contribution in [2.45, 2.75) is 24.4 Å². The summed E-state index contributed by atoms with van der Waals surface area (Å²) in [5.74, 6) is 0.755. The Labute approximate surface area is 161 Å². The fraction of sp³-hybridized carbons (Fsp3) is 0.444. The Hall–Kier alpha value is -2.55. The number of aromatic nitrogens is 3. The molecule has 2 aromatic rings. The Kier molecular flexibility index (Phi) is 5.28. The highest BCUT2D eigenvalue weighted by molar-refractivity contribution is 7.99. The lowest BCUT2D eigenvalue weighted by Gasteiger charge is -2.27. The first-order chi connectivity index (χ1) is 13.2. The molecule has 0 bridgehead atoms. The van der Waals surface area contributed by atoms with Crippen LogP contribution in [0.2, 0.25) is 0 Å². The van der Waals surface area contributed by atoms with Crippen LogP contribution in [0, 0.1) is 0 Å². The van der Waals surface area contributed by atoms with Gasteiger partial charge in [-0.25, -0.2) is 4.79 Å². The Balaban J connectivity index is 1.57. The van der Waals surface area contributed by atoms with Crippen LogP contribution in [0.3, 0.4) is 0 Å². The summed E-state index contributed by atoms with van der Waals surface area (Å²) in [6.07, 6.45) is 3.53. The van der Waals surface area contributed by atoms with Gasteiger partial charge in [0, 0.05) is 26.2 Å². The maximum Gasteiger partial charge on any atom is 0.324 e. The van der Waals surface area contributed by atoms with E-state index in [4.69, 9.17) is 0 Å². The molecule has 2 aliphatic rings. The highest BCUT2D eigenvalue weighted by atomic mass is 32.2. The van der Waals surface area contributed by atoms with Crippen molar-refractivity contribution in [3.8, 4) is 5.69 Å². The van der Waals surface area contributed by atoms with Crippen LogP contribution in [-0.4, -0.2) is 63.5 Å². The zero-order valence-electron chi connectivity index (χ0n) is 15.0. The SMILES string of the molecule is O=C(CSc1nnc(N2CCCCC2)n1-c1ccccc1)N1CCNC1=O. The summed E-state index contributed by atoms with van der Waals surface area (Å²) in [6.45, 7) is 2.85. The van der Waals surface area contributed by atoms with Crippen LogP contribution in [-0.2, 0) is 4.79 Å².